The maximum absolute atomic E-state index is 13.4. The van der Waals surface area contributed by atoms with Crippen molar-refractivity contribution in [3.63, 3.8) is 0 Å². The normalized spacial score (nSPS) is 15.8. The third kappa shape index (κ3) is 7.19. The Morgan fingerprint density at radius 2 is 1.81 bits per heavy atom. The molecule has 7 heteroatoms. The second-order valence-electron chi connectivity index (χ2n) is 8.90. The van der Waals surface area contributed by atoms with Gasteiger partial charge >= 0.3 is 0 Å². The van der Waals surface area contributed by atoms with Crippen LogP contribution in [0.3, 0.4) is 0 Å². The van der Waals surface area contributed by atoms with Gasteiger partial charge in [0.15, 0.2) is 0 Å². The molecule has 174 valence electrons. The summed E-state index contributed by atoms with van der Waals surface area (Å²) >= 11 is 0. The van der Waals surface area contributed by atoms with Crippen molar-refractivity contribution < 1.29 is 23.1 Å². The van der Waals surface area contributed by atoms with Crippen LogP contribution in [0.15, 0.2) is 40.8 Å². The van der Waals surface area contributed by atoms with Gasteiger partial charge in [-0.05, 0) is 55.5 Å². The minimum Gasteiger partial charge on any atom is -0.464 e. The van der Waals surface area contributed by atoms with Gasteiger partial charge in [-0.25, -0.2) is 4.39 Å². The molecule has 1 unspecified atom stereocenters. The van der Waals surface area contributed by atoms with Crippen molar-refractivity contribution in [2.24, 2.45) is 5.92 Å². The number of amides is 2. The molecule has 32 heavy (non-hydrogen) atoms. The van der Waals surface area contributed by atoms with E-state index in [1.807, 2.05) is 32.9 Å². The van der Waals surface area contributed by atoms with E-state index in [0.29, 0.717) is 31.9 Å². The Morgan fingerprint density at radius 1 is 1.06 bits per heavy atom. The molecule has 2 aromatic rings. The molecule has 0 spiro atoms. The van der Waals surface area contributed by atoms with E-state index >= 15 is 0 Å². The SMILES string of the molecule is Cc1ccc(CN(Cc2ccc(F)cc2)C(=O)CN(CC2CCCO2)C(=O)CC(C)C)o1. The van der Waals surface area contributed by atoms with Crippen LogP contribution in [0.5, 0.6) is 0 Å². The minimum atomic E-state index is -0.324. The Hall–Kier alpha value is -2.67. The van der Waals surface area contributed by atoms with Crippen molar-refractivity contribution in [2.45, 2.75) is 59.2 Å². The van der Waals surface area contributed by atoms with Crippen molar-refractivity contribution in [1.29, 1.82) is 0 Å². The second kappa shape index (κ2) is 11.3. The summed E-state index contributed by atoms with van der Waals surface area (Å²) in [5, 5.41) is 0. The van der Waals surface area contributed by atoms with E-state index in [1.54, 1.807) is 21.9 Å². The molecular weight excluding hydrogens is 411 g/mol. The van der Waals surface area contributed by atoms with Crippen LogP contribution in [0.1, 0.15) is 50.2 Å². The summed E-state index contributed by atoms with van der Waals surface area (Å²) in [5.41, 5.74) is 0.808. The first-order valence-electron chi connectivity index (χ1n) is 11.3. The number of halogens is 1. The standard InChI is InChI=1S/C25H33FN2O4/c1-18(2)13-24(29)28(15-22-5-4-12-31-22)17-25(30)27(16-23-11-6-19(3)32-23)14-20-7-9-21(26)10-8-20/h6-11,18,22H,4-5,12-17H2,1-3H3. The average molecular weight is 445 g/mol. The molecule has 1 aromatic carbocycles. The summed E-state index contributed by atoms with van der Waals surface area (Å²) in [7, 11) is 0. The van der Waals surface area contributed by atoms with Crippen LogP contribution < -0.4 is 0 Å². The zero-order valence-corrected chi connectivity index (χ0v) is 19.2. The van der Waals surface area contributed by atoms with Crippen LogP contribution in [0.25, 0.3) is 0 Å². The minimum absolute atomic E-state index is 0.0215. The summed E-state index contributed by atoms with van der Waals surface area (Å²) < 4.78 is 24.7. The van der Waals surface area contributed by atoms with Crippen molar-refractivity contribution in [2.75, 3.05) is 19.7 Å². The van der Waals surface area contributed by atoms with Gasteiger partial charge in [-0.2, -0.15) is 0 Å². The van der Waals surface area contributed by atoms with E-state index in [-0.39, 0.29) is 42.7 Å². The number of ether oxygens (including phenoxy) is 1. The van der Waals surface area contributed by atoms with Crippen molar-refractivity contribution in [3.05, 3.63) is 59.3 Å². The number of aryl methyl sites for hydroxylation is 1. The lowest BCUT2D eigenvalue weighted by Crippen LogP contribution is -2.45. The van der Waals surface area contributed by atoms with Gasteiger partial charge in [0, 0.05) is 26.1 Å². The zero-order valence-electron chi connectivity index (χ0n) is 19.2. The van der Waals surface area contributed by atoms with Crippen LogP contribution in [-0.4, -0.2) is 47.4 Å². The molecule has 2 heterocycles. The van der Waals surface area contributed by atoms with E-state index in [4.69, 9.17) is 9.15 Å². The van der Waals surface area contributed by atoms with E-state index in [1.165, 1.54) is 12.1 Å². The van der Waals surface area contributed by atoms with Crippen molar-refractivity contribution in [3.8, 4) is 0 Å². The fraction of sp³-hybridized carbons (Fsp3) is 0.520. The van der Waals surface area contributed by atoms with Gasteiger partial charge in [0.2, 0.25) is 11.8 Å². The third-order valence-corrected chi connectivity index (χ3v) is 5.49. The second-order valence-corrected chi connectivity index (χ2v) is 8.90. The van der Waals surface area contributed by atoms with Gasteiger partial charge in [0.25, 0.3) is 0 Å². The van der Waals surface area contributed by atoms with E-state index in [9.17, 15) is 14.0 Å². The van der Waals surface area contributed by atoms with Gasteiger partial charge in [0.1, 0.15) is 17.3 Å². The van der Waals surface area contributed by atoms with E-state index in [0.717, 1.165) is 24.2 Å². The van der Waals surface area contributed by atoms with Gasteiger partial charge in [-0.15, -0.1) is 0 Å². The van der Waals surface area contributed by atoms with Crippen molar-refractivity contribution >= 4 is 11.8 Å². The lowest BCUT2D eigenvalue weighted by Gasteiger charge is -2.29. The van der Waals surface area contributed by atoms with Gasteiger partial charge in [-0.1, -0.05) is 26.0 Å². The predicted octanol–water partition coefficient (Wildman–Crippen LogP) is 4.31. The number of carbonyl (C=O) groups excluding carboxylic acids is 2. The quantitative estimate of drug-likeness (QED) is 0.548. The summed E-state index contributed by atoms with van der Waals surface area (Å²) in [6, 6.07) is 9.78. The molecule has 1 aliphatic rings. The Balaban J connectivity index is 1.75. The number of rotatable bonds is 10. The molecule has 1 saturated heterocycles. The first-order chi connectivity index (χ1) is 15.3. The topological polar surface area (TPSA) is 63.0 Å². The number of nitrogens with zero attached hydrogens (tertiary/aromatic N) is 2. The number of benzene rings is 1. The smallest absolute Gasteiger partial charge is 0.242 e. The number of carbonyl (C=O) groups is 2. The molecule has 1 aliphatic heterocycles. The molecule has 3 rings (SSSR count). The van der Waals surface area contributed by atoms with Crippen LogP contribution in [-0.2, 0) is 27.4 Å². The molecule has 2 amide bonds. The van der Waals surface area contributed by atoms with Crippen LogP contribution in [0.2, 0.25) is 0 Å². The Morgan fingerprint density at radius 3 is 2.41 bits per heavy atom. The highest BCUT2D eigenvalue weighted by Crippen LogP contribution is 2.17. The van der Waals surface area contributed by atoms with E-state index < -0.39 is 0 Å². The number of hydrogen-bond acceptors (Lipinski definition) is 4. The maximum atomic E-state index is 13.4. The summed E-state index contributed by atoms with van der Waals surface area (Å²) in [5.74, 6) is 1.08. The van der Waals surface area contributed by atoms with E-state index in [2.05, 4.69) is 0 Å². The largest absolute Gasteiger partial charge is 0.464 e. The van der Waals surface area contributed by atoms with Gasteiger partial charge < -0.3 is 19.0 Å². The fourth-order valence-electron chi connectivity index (χ4n) is 3.83. The van der Waals surface area contributed by atoms with Crippen LogP contribution in [0.4, 0.5) is 4.39 Å². The van der Waals surface area contributed by atoms with Crippen LogP contribution >= 0.6 is 0 Å². The summed E-state index contributed by atoms with van der Waals surface area (Å²) in [4.78, 5) is 29.5. The molecule has 1 atom stereocenters. The molecule has 1 fully saturated rings. The highest BCUT2D eigenvalue weighted by Gasteiger charge is 2.27. The highest BCUT2D eigenvalue weighted by molar-refractivity contribution is 5.85. The first-order valence-corrected chi connectivity index (χ1v) is 11.3. The average Bonchev–Trinajstić information content (AvgIpc) is 3.39. The van der Waals surface area contributed by atoms with Gasteiger partial charge in [-0.3, -0.25) is 9.59 Å². The third-order valence-electron chi connectivity index (χ3n) is 5.49. The lowest BCUT2D eigenvalue weighted by atomic mass is 10.1. The summed E-state index contributed by atoms with van der Waals surface area (Å²) in [6.07, 6.45) is 2.22. The number of furan rings is 1. The molecular formula is C25H33FN2O4. The molecule has 6 nitrogen and oxygen atoms in total. The lowest BCUT2D eigenvalue weighted by molar-refractivity contribution is -0.143. The first kappa shape index (κ1) is 24.0. The van der Waals surface area contributed by atoms with Gasteiger partial charge in [0.05, 0.1) is 19.2 Å². The monoisotopic (exact) mass is 444 g/mol. The molecule has 0 radical (unpaired) electrons. The van der Waals surface area contributed by atoms with Crippen molar-refractivity contribution in [1.82, 2.24) is 9.80 Å². The zero-order chi connectivity index (χ0) is 23.1. The molecule has 1 aromatic heterocycles. The molecule has 0 N–H and O–H groups in total. The Labute approximate surface area is 189 Å². The molecule has 0 aliphatic carbocycles. The number of hydrogen-bond donors (Lipinski definition) is 0. The Bertz CT molecular complexity index is 888. The molecule has 0 saturated carbocycles. The maximum Gasteiger partial charge on any atom is 0.242 e. The Kier molecular flexibility index (Phi) is 8.45. The molecule has 0 bridgehead atoms. The van der Waals surface area contributed by atoms with Crippen LogP contribution in [0, 0.1) is 18.7 Å². The fourth-order valence-corrected chi connectivity index (χ4v) is 3.83. The predicted molar refractivity (Wildman–Crippen MR) is 119 cm³/mol. The highest BCUT2D eigenvalue weighted by atomic mass is 19.1. The summed E-state index contributed by atoms with van der Waals surface area (Å²) in [6.45, 7) is 7.49.